The first kappa shape index (κ1) is 26.3. The number of anilines is 1. The van der Waals surface area contributed by atoms with Gasteiger partial charge in [-0.15, -0.1) is 11.3 Å². The third kappa shape index (κ3) is 5.80. The molecule has 2 aliphatic rings. The number of hydrogen-bond acceptors (Lipinski definition) is 6. The zero-order valence-corrected chi connectivity index (χ0v) is 22.7. The van der Waals surface area contributed by atoms with Gasteiger partial charge in [-0.1, -0.05) is 39.3 Å². The summed E-state index contributed by atoms with van der Waals surface area (Å²) in [7, 11) is 0. The van der Waals surface area contributed by atoms with Crippen LogP contribution >= 0.6 is 11.3 Å². The van der Waals surface area contributed by atoms with E-state index < -0.39 is 5.97 Å². The Morgan fingerprint density at radius 3 is 2.50 bits per heavy atom. The summed E-state index contributed by atoms with van der Waals surface area (Å²) < 4.78 is 6.05. The fourth-order valence-electron chi connectivity index (χ4n) is 5.34. The molecular formula is C28H37N3O4S. The van der Waals surface area contributed by atoms with Gasteiger partial charge in [0.15, 0.2) is 0 Å². The molecule has 2 atom stereocenters. The molecule has 1 amide bonds. The zero-order chi connectivity index (χ0) is 26.0. The standard InChI is InChI=1S/C28H37N3O4S/c1-17-6-11-21(18(2)14-17)26(32)31(22-15-23(28(3,4)5)36-25(22)27(33)34)19-7-9-20(10-8-19)35-24-12-13-29-16-30-24/h6,12-13,15-16,18-21H,7-11,14H2,1-5H3,(H,33,34)/t18-,19?,20?,21-/m0/s1. The van der Waals surface area contributed by atoms with Crippen LogP contribution in [0.3, 0.4) is 0 Å². The van der Waals surface area contributed by atoms with Gasteiger partial charge in [0.25, 0.3) is 0 Å². The number of carbonyl (C=O) groups is 2. The normalized spacial score (nSPS) is 24.6. The van der Waals surface area contributed by atoms with Crippen LogP contribution in [0, 0.1) is 11.8 Å². The van der Waals surface area contributed by atoms with Crippen LogP contribution in [-0.2, 0) is 10.2 Å². The molecule has 2 heterocycles. The third-order valence-corrected chi connectivity index (χ3v) is 8.90. The second kappa shape index (κ2) is 10.7. The lowest BCUT2D eigenvalue weighted by molar-refractivity contribution is -0.124. The molecule has 4 rings (SSSR count). The van der Waals surface area contributed by atoms with Crippen molar-refractivity contribution >= 4 is 28.9 Å². The van der Waals surface area contributed by atoms with E-state index in [0.29, 0.717) is 18.0 Å². The number of hydrogen-bond donors (Lipinski definition) is 1. The quantitative estimate of drug-likeness (QED) is 0.461. The summed E-state index contributed by atoms with van der Waals surface area (Å²) in [4.78, 5) is 37.7. The average Bonchev–Trinajstić information content (AvgIpc) is 3.27. The maximum atomic E-state index is 14.2. The fourth-order valence-corrected chi connectivity index (χ4v) is 6.38. The molecular weight excluding hydrogens is 474 g/mol. The van der Waals surface area contributed by atoms with Crippen LogP contribution in [0.4, 0.5) is 5.69 Å². The van der Waals surface area contributed by atoms with Crippen molar-refractivity contribution in [3.05, 3.63) is 46.1 Å². The summed E-state index contributed by atoms with van der Waals surface area (Å²) in [6, 6.07) is 3.63. The van der Waals surface area contributed by atoms with Crippen molar-refractivity contribution < 1.29 is 19.4 Å². The average molecular weight is 512 g/mol. The number of aromatic nitrogens is 2. The molecule has 7 nitrogen and oxygen atoms in total. The Morgan fingerprint density at radius 2 is 1.92 bits per heavy atom. The molecule has 1 saturated carbocycles. The van der Waals surface area contributed by atoms with E-state index in [0.717, 1.165) is 37.0 Å². The van der Waals surface area contributed by atoms with Crippen LogP contribution in [0.5, 0.6) is 5.88 Å². The van der Waals surface area contributed by atoms with Gasteiger partial charge in [0.05, 0.1) is 5.69 Å². The summed E-state index contributed by atoms with van der Waals surface area (Å²) >= 11 is 1.29. The molecule has 0 spiro atoms. The summed E-state index contributed by atoms with van der Waals surface area (Å²) in [5, 5.41) is 10.1. The van der Waals surface area contributed by atoms with Gasteiger partial charge in [-0.25, -0.2) is 14.8 Å². The predicted octanol–water partition coefficient (Wildman–Crippen LogP) is 6.25. The Morgan fingerprint density at radius 1 is 1.19 bits per heavy atom. The summed E-state index contributed by atoms with van der Waals surface area (Å²) in [5.41, 5.74) is 1.67. The van der Waals surface area contributed by atoms with E-state index in [1.165, 1.54) is 23.2 Å². The molecule has 36 heavy (non-hydrogen) atoms. The largest absolute Gasteiger partial charge is 0.477 e. The lowest BCUT2D eigenvalue weighted by atomic mass is 9.79. The highest BCUT2D eigenvalue weighted by Gasteiger charge is 2.39. The van der Waals surface area contributed by atoms with E-state index >= 15 is 0 Å². The lowest BCUT2D eigenvalue weighted by Crippen LogP contribution is -2.48. The molecule has 2 aromatic heterocycles. The van der Waals surface area contributed by atoms with Crippen molar-refractivity contribution in [2.75, 3.05) is 4.90 Å². The van der Waals surface area contributed by atoms with Crippen molar-refractivity contribution in [2.24, 2.45) is 11.8 Å². The first-order valence-electron chi connectivity index (χ1n) is 12.8. The number of allylic oxidation sites excluding steroid dienone is 2. The highest BCUT2D eigenvalue weighted by atomic mass is 32.1. The van der Waals surface area contributed by atoms with E-state index in [2.05, 4.69) is 50.7 Å². The molecule has 0 aliphatic heterocycles. The van der Waals surface area contributed by atoms with Crippen molar-refractivity contribution in [1.82, 2.24) is 9.97 Å². The lowest BCUT2D eigenvalue weighted by Gasteiger charge is -2.40. The van der Waals surface area contributed by atoms with Crippen LogP contribution in [0.2, 0.25) is 0 Å². The van der Waals surface area contributed by atoms with Gasteiger partial charge in [-0.3, -0.25) is 4.79 Å². The molecule has 2 aromatic rings. The summed E-state index contributed by atoms with van der Waals surface area (Å²) in [6.07, 6.45) is 9.95. The highest BCUT2D eigenvalue weighted by molar-refractivity contribution is 7.14. The Kier molecular flexibility index (Phi) is 7.83. The third-order valence-electron chi connectivity index (χ3n) is 7.36. The number of carboxylic acids is 1. The first-order chi connectivity index (χ1) is 17.0. The minimum absolute atomic E-state index is 0.0128. The summed E-state index contributed by atoms with van der Waals surface area (Å²) in [5.74, 6) is -0.302. The number of ether oxygens (including phenoxy) is 1. The van der Waals surface area contributed by atoms with Crippen molar-refractivity contribution in [2.45, 2.75) is 90.7 Å². The van der Waals surface area contributed by atoms with Gasteiger partial charge in [0, 0.05) is 29.1 Å². The Hall–Kier alpha value is -2.74. The molecule has 1 N–H and O–H groups in total. The molecule has 0 saturated heterocycles. The maximum absolute atomic E-state index is 14.2. The van der Waals surface area contributed by atoms with Gasteiger partial charge in [0.1, 0.15) is 17.3 Å². The Balaban J connectivity index is 1.64. The van der Waals surface area contributed by atoms with Crippen LogP contribution < -0.4 is 9.64 Å². The highest BCUT2D eigenvalue weighted by Crippen LogP contribution is 2.42. The number of aromatic carboxylic acids is 1. The predicted molar refractivity (Wildman–Crippen MR) is 142 cm³/mol. The minimum atomic E-state index is -0.975. The van der Waals surface area contributed by atoms with Gasteiger partial charge in [0.2, 0.25) is 11.8 Å². The van der Waals surface area contributed by atoms with E-state index in [9.17, 15) is 14.7 Å². The SMILES string of the molecule is CC1=CC[C@H](C(=O)N(c2cc(C(C)(C)C)sc2C(=O)O)C2CCC(Oc3ccncn3)CC2)[C@@H](C)C1. The van der Waals surface area contributed by atoms with E-state index in [-0.39, 0.29) is 40.2 Å². The fraction of sp³-hybridized carbons (Fsp3) is 0.571. The Bertz CT molecular complexity index is 1110. The first-order valence-corrected chi connectivity index (χ1v) is 13.6. The van der Waals surface area contributed by atoms with Gasteiger partial charge in [-0.2, -0.15) is 0 Å². The molecule has 0 aromatic carbocycles. The van der Waals surface area contributed by atoms with Crippen LogP contribution in [-0.4, -0.2) is 39.1 Å². The number of nitrogens with zero attached hydrogens (tertiary/aromatic N) is 3. The molecule has 194 valence electrons. The second-order valence-electron chi connectivity index (χ2n) is 11.3. The number of rotatable bonds is 6. The monoisotopic (exact) mass is 511 g/mol. The summed E-state index contributed by atoms with van der Waals surface area (Å²) in [6.45, 7) is 10.5. The maximum Gasteiger partial charge on any atom is 0.348 e. The van der Waals surface area contributed by atoms with Crippen LogP contribution in [0.25, 0.3) is 0 Å². The van der Waals surface area contributed by atoms with Gasteiger partial charge < -0.3 is 14.7 Å². The van der Waals surface area contributed by atoms with Gasteiger partial charge in [-0.05, 0) is 62.8 Å². The minimum Gasteiger partial charge on any atom is -0.477 e. The topological polar surface area (TPSA) is 92.6 Å². The molecule has 2 aliphatic carbocycles. The van der Waals surface area contributed by atoms with E-state index in [1.54, 1.807) is 12.3 Å². The van der Waals surface area contributed by atoms with E-state index in [1.807, 2.05) is 11.0 Å². The zero-order valence-electron chi connectivity index (χ0n) is 21.9. The number of carboxylic acid groups (broad SMARTS) is 1. The molecule has 0 radical (unpaired) electrons. The number of thiophene rings is 1. The Labute approximate surface area is 217 Å². The number of carbonyl (C=O) groups excluding carboxylic acids is 1. The molecule has 0 bridgehead atoms. The van der Waals surface area contributed by atoms with Crippen LogP contribution in [0.1, 0.15) is 87.7 Å². The van der Waals surface area contributed by atoms with Crippen molar-refractivity contribution in [3.63, 3.8) is 0 Å². The second-order valence-corrected chi connectivity index (χ2v) is 12.3. The molecule has 0 unspecified atom stereocenters. The van der Waals surface area contributed by atoms with E-state index in [4.69, 9.17) is 4.74 Å². The van der Waals surface area contributed by atoms with Gasteiger partial charge >= 0.3 is 5.97 Å². The molecule has 8 heteroatoms. The van der Waals surface area contributed by atoms with Crippen molar-refractivity contribution in [3.8, 4) is 5.88 Å². The van der Waals surface area contributed by atoms with Crippen LogP contribution in [0.15, 0.2) is 36.3 Å². The smallest absolute Gasteiger partial charge is 0.348 e. The molecule has 1 fully saturated rings. The van der Waals surface area contributed by atoms with Crippen molar-refractivity contribution in [1.29, 1.82) is 0 Å². The number of amides is 1.